The van der Waals surface area contributed by atoms with Gasteiger partial charge in [-0.15, -0.1) is 0 Å². The molecule has 0 saturated heterocycles. The molecular weight excluding hydrogens is 218 g/mol. The van der Waals surface area contributed by atoms with Gasteiger partial charge in [-0.25, -0.2) is 0 Å². The zero-order valence-corrected chi connectivity index (χ0v) is 9.78. The average Bonchev–Trinajstić information content (AvgIpc) is 2.25. The number of carbonyl (C=O) groups is 2. The first-order valence-corrected chi connectivity index (χ1v) is 5.10. The van der Waals surface area contributed by atoms with E-state index >= 15 is 0 Å². The van der Waals surface area contributed by atoms with Gasteiger partial charge in [-0.05, 0) is 26.0 Å². The molecule has 0 spiro atoms. The van der Waals surface area contributed by atoms with Crippen LogP contribution in [0.25, 0.3) is 0 Å². The molecule has 0 fully saturated rings. The van der Waals surface area contributed by atoms with Crippen LogP contribution >= 0.6 is 0 Å². The third-order valence-electron chi connectivity index (χ3n) is 2.00. The fourth-order valence-corrected chi connectivity index (χ4v) is 1.27. The van der Waals surface area contributed by atoms with Gasteiger partial charge >= 0.3 is 0 Å². The van der Waals surface area contributed by atoms with Crippen LogP contribution in [0.4, 0.5) is 5.69 Å². The standard InChI is InChI=1S/C12H15N3O2/c1-8(7-9(2)16)14-15-12(17)10-5-3-4-6-11(10)13/h3-7,14H,13H2,1-2H3,(H,15,17). The summed E-state index contributed by atoms with van der Waals surface area (Å²) in [4.78, 5) is 22.5. The quantitative estimate of drug-likeness (QED) is 0.411. The number of hydrogen-bond donors (Lipinski definition) is 3. The van der Waals surface area contributed by atoms with Crippen molar-refractivity contribution in [2.45, 2.75) is 13.8 Å². The van der Waals surface area contributed by atoms with Crippen LogP contribution in [0.5, 0.6) is 0 Å². The van der Waals surface area contributed by atoms with E-state index in [1.165, 1.54) is 13.0 Å². The Bertz CT molecular complexity index is 467. The summed E-state index contributed by atoms with van der Waals surface area (Å²) in [5, 5.41) is 0. The maximum atomic E-state index is 11.7. The predicted molar refractivity (Wildman–Crippen MR) is 65.9 cm³/mol. The molecule has 4 N–H and O–H groups in total. The lowest BCUT2D eigenvalue weighted by Crippen LogP contribution is -2.36. The topological polar surface area (TPSA) is 84.2 Å². The van der Waals surface area contributed by atoms with Crippen LogP contribution < -0.4 is 16.6 Å². The minimum Gasteiger partial charge on any atom is -0.398 e. The van der Waals surface area contributed by atoms with Crippen molar-refractivity contribution in [1.82, 2.24) is 10.9 Å². The smallest absolute Gasteiger partial charge is 0.271 e. The Balaban J connectivity index is 2.63. The van der Waals surface area contributed by atoms with E-state index in [-0.39, 0.29) is 11.7 Å². The van der Waals surface area contributed by atoms with Gasteiger partial charge < -0.3 is 11.2 Å². The van der Waals surface area contributed by atoms with Crippen molar-refractivity contribution < 1.29 is 9.59 Å². The Labute approximate surface area is 99.7 Å². The van der Waals surface area contributed by atoms with Crippen LogP contribution in [0, 0.1) is 0 Å². The molecule has 0 aliphatic rings. The number of carbonyl (C=O) groups excluding carboxylic acids is 2. The van der Waals surface area contributed by atoms with Crippen LogP contribution in [-0.4, -0.2) is 11.7 Å². The van der Waals surface area contributed by atoms with Crippen molar-refractivity contribution in [2.75, 3.05) is 5.73 Å². The molecule has 90 valence electrons. The van der Waals surface area contributed by atoms with E-state index in [9.17, 15) is 9.59 Å². The number of benzene rings is 1. The van der Waals surface area contributed by atoms with E-state index in [0.717, 1.165) is 0 Å². The number of nitrogens with one attached hydrogen (secondary N) is 2. The van der Waals surface area contributed by atoms with Gasteiger partial charge in [0.05, 0.1) is 5.56 Å². The van der Waals surface area contributed by atoms with Crippen molar-refractivity contribution in [3.63, 3.8) is 0 Å². The summed E-state index contributed by atoms with van der Waals surface area (Å²) in [5.41, 5.74) is 12.1. The third-order valence-corrected chi connectivity index (χ3v) is 2.00. The minimum atomic E-state index is -0.348. The van der Waals surface area contributed by atoms with Crippen LogP contribution in [0.2, 0.25) is 0 Å². The van der Waals surface area contributed by atoms with Gasteiger partial charge in [0.25, 0.3) is 5.91 Å². The number of ketones is 1. The molecular formula is C12H15N3O2. The second-order valence-corrected chi connectivity index (χ2v) is 3.60. The molecule has 1 aromatic carbocycles. The van der Waals surface area contributed by atoms with E-state index in [0.29, 0.717) is 16.9 Å². The monoisotopic (exact) mass is 233 g/mol. The zero-order valence-electron chi connectivity index (χ0n) is 9.78. The Hall–Kier alpha value is -2.30. The second-order valence-electron chi connectivity index (χ2n) is 3.60. The minimum absolute atomic E-state index is 0.0940. The maximum Gasteiger partial charge on any atom is 0.271 e. The lowest BCUT2D eigenvalue weighted by Gasteiger charge is -2.09. The fraction of sp³-hybridized carbons (Fsp3) is 0.167. The number of hydrogen-bond acceptors (Lipinski definition) is 4. The number of allylic oxidation sites excluding steroid dienone is 2. The van der Waals surface area contributed by atoms with Gasteiger partial charge in [0, 0.05) is 17.5 Å². The largest absolute Gasteiger partial charge is 0.398 e. The van der Waals surface area contributed by atoms with Crippen LogP contribution in [0.15, 0.2) is 36.0 Å². The molecule has 0 bridgehead atoms. The van der Waals surface area contributed by atoms with Gasteiger partial charge in [0.2, 0.25) is 0 Å². The number of amides is 1. The summed E-state index contributed by atoms with van der Waals surface area (Å²) >= 11 is 0. The van der Waals surface area contributed by atoms with Crippen molar-refractivity contribution in [3.8, 4) is 0 Å². The highest BCUT2D eigenvalue weighted by molar-refractivity contribution is 5.98. The highest BCUT2D eigenvalue weighted by atomic mass is 16.2. The molecule has 1 rings (SSSR count). The van der Waals surface area contributed by atoms with Crippen LogP contribution in [0.1, 0.15) is 24.2 Å². The Morgan fingerprint density at radius 1 is 1.18 bits per heavy atom. The first-order valence-electron chi connectivity index (χ1n) is 5.10. The Kier molecular flexibility index (Phi) is 4.28. The fourth-order valence-electron chi connectivity index (χ4n) is 1.27. The van der Waals surface area contributed by atoms with Gasteiger partial charge in [0.15, 0.2) is 5.78 Å². The Morgan fingerprint density at radius 2 is 1.82 bits per heavy atom. The normalized spacial score (nSPS) is 10.8. The number of rotatable bonds is 4. The van der Waals surface area contributed by atoms with Crippen molar-refractivity contribution in [3.05, 3.63) is 41.6 Å². The zero-order chi connectivity index (χ0) is 12.8. The second kappa shape index (κ2) is 5.69. The number of anilines is 1. The highest BCUT2D eigenvalue weighted by Gasteiger charge is 2.07. The summed E-state index contributed by atoms with van der Waals surface area (Å²) in [5.74, 6) is -0.442. The van der Waals surface area contributed by atoms with Crippen molar-refractivity contribution in [2.24, 2.45) is 0 Å². The van der Waals surface area contributed by atoms with Crippen molar-refractivity contribution in [1.29, 1.82) is 0 Å². The number of para-hydroxylation sites is 1. The first-order chi connectivity index (χ1) is 8.00. The van der Waals surface area contributed by atoms with Crippen molar-refractivity contribution >= 4 is 17.4 Å². The molecule has 0 aromatic heterocycles. The number of nitrogens with two attached hydrogens (primary N) is 1. The average molecular weight is 233 g/mol. The molecule has 0 unspecified atom stereocenters. The van der Waals surface area contributed by atoms with E-state index in [4.69, 9.17) is 5.73 Å². The molecule has 0 aliphatic carbocycles. The van der Waals surface area contributed by atoms with Crippen LogP contribution in [0.3, 0.4) is 0 Å². The molecule has 0 aliphatic heterocycles. The summed E-state index contributed by atoms with van der Waals surface area (Å²) in [6.45, 7) is 3.11. The molecule has 1 aromatic rings. The van der Waals surface area contributed by atoms with Gasteiger partial charge in [-0.3, -0.25) is 15.0 Å². The van der Waals surface area contributed by atoms with Gasteiger partial charge in [0.1, 0.15) is 0 Å². The molecule has 0 radical (unpaired) electrons. The SMILES string of the molecule is CC(=O)C=C(C)NNC(=O)c1ccccc1N. The highest BCUT2D eigenvalue weighted by Crippen LogP contribution is 2.09. The maximum absolute atomic E-state index is 11.7. The Morgan fingerprint density at radius 3 is 2.41 bits per heavy atom. The molecule has 5 nitrogen and oxygen atoms in total. The van der Waals surface area contributed by atoms with Gasteiger partial charge in [-0.2, -0.15) is 0 Å². The molecule has 5 heteroatoms. The van der Waals surface area contributed by atoms with E-state index in [1.54, 1.807) is 31.2 Å². The summed E-state index contributed by atoms with van der Waals surface area (Å²) in [6.07, 6.45) is 1.38. The predicted octanol–water partition coefficient (Wildman–Crippen LogP) is 0.996. The van der Waals surface area contributed by atoms with E-state index < -0.39 is 0 Å². The molecule has 17 heavy (non-hydrogen) atoms. The lowest BCUT2D eigenvalue weighted by atomic mass is 10.2. The number of hydrazine groups is 1. The summed E-state index contributed by atoms with van der Waals surface area (Å²) < 4.78 is 0. The summed E-state index contributed by atoms with van der Waals surface area (Å²) in [7, 11) is 0. The van der Waals surface area contributed by atoms with E-state index in [1.807, 2.05) is 0 Å². The molecule has 1 amide bonds. The lowest BCUT2D eigenvalue weighted by molar-refractivity contribution is -0.112. The van der Waals surface area contributed by atoms with E-state index in [2.05, 4.69) is 10.9 Å². The summed E-state index contributed by atoms with van der Waals surface area (Å²) in [6, 6.07) is 6.74. The number of nitrogen functional groups attached to an aromatic ring is 1. The molecule has 0 heterocycles. The first kappa shape index (κ1) is 12.8. The molecule has 0 atom stereocenters. The third kappa shape index (κ3) is 3.98. The van der Waals surface area contributed by atoms with Crippen LogP contribution in [-0.2, 0) is 4.79 Å². The van der Waals surface area contributed by atoms with Gasteiger partial charge in [-0.1, -0.05) is 12.1 Å². The molecule has 0 saturated carbocycles.